The van der Waals surface area contributed by atoms with E-state index in [0.29, 0.717) is 5.92 Å². The van der Waals surface area contributed by atoms with Gasteiger partial charge in [0.25, 0.3) is 0 Å². The van der Waals surface area contributed by atoms with E-state index in [-0.39, 0.29) is 32.5 Å². The molecule has 0 N–H and O–H groups in total. The summed E-state index contributed by atoms with van der Waals surface area (Å²) in [6, 6.07) is 33.6. The molecule has 98 heavy (non-hydrogen) atoms. The first kappa shape index (κ1) is 76.7. The summed E-state index contributed by atoms with van der Waals surface area (Å²) < 4.78 is 0. The lowest BCUT2D eigenvalue weighted by molar-refractivity contribution is 0.420. The molecule has 2 aliphatic carbocycles. The lowest BCUT2D eigenvalue weighted by Gasteiger charge is -2.28. The Hall–Kier alpha value is -7.05. The van der Waals surface area contributed by atoms with Gasteiger partial charge in [0.2, 0.25) is 0 Å². The van der Waals surface area contributed by atoms with Gasteiger partial charge in [0, 0.05) is 69.5 Å². The number of hydrogen-bond donors (Lipinski definition) is 0. The minimum Gasteiger partial charge on any atom is -0.376 e. The minimum absolute atomic E-state index is 0.104. The van der Waals surface area contributed by atoms with Crippen LogP contribution >= 0.6 is 0 Å². The van der Waals surface area contributed by atoms with Crippen molar-refractivity contribution in [3.63, 3.8) is 0 Å². The molecular formula is C92H126N6. The van der Waals surface area contributed by atoms with Crippen molar-refractivity contribution in [2.24, 2.45) is 11.8 Å². The standard InChI is InChI=1S/C22H29N.C19H27N.C18H25N.C17H24N2.C16H21N/c1-13-6-9-17-14(2)20(22(3,4)5)12-19(21(17)23-13)18-11-15-7-8-16(18)10-15;1-12-9-10-14-13(2)15(18(3,4)5)11-16(17(14)20-12)19(6,7)8;1-11(2)15-10-16(18(5,6)7)13(4)14-9-8-12(3)19-17(14)15;1-11-8-9-13-12(2)14(17(3,4)5)10-15(19(6)7)16(13)18-11;1-10-9-14(16(4,5)6)12(3)13-8-7-11(2)17-15(10)13/h6,9,12,15-16,18H,7-8,10-11H2,1-5H3;9-11H,1-8H3;8-11H,1-7H3;8-10H,1-7H3;7-9H,1-6H3. The Morgan fingerprint density at radius 1 is 0.337 bits per heavy atom. The van der Waals surface area contributed by atoms with Crippen molar-refractivity contribution >= 4 is 60.2 Å². The Morgan fingerprint density at radius 3 is 1.05 bits per heavy atom. The monoisotopic (exact) mass is 1320 g/mol. The molecule has 10 aromatic rings. The molecule has 2 saturated carbocycles. The highest BCUT2D eigenvalue weighted by Crippen LogP contribution is 2.55. The summed E-state index contributed by atoms with van der Waals surface area (Å²) >= 11 is 0. The summed E-state index contributed by atoms with van der Waals surface area (Å²) in [5, 5.41) is 6.54. The van der Waals surface area contributed by atoms with Crippen molar-refractivity contribution in [2.45, 2.75) is 285 Å². The fourth-order valence-electron chi connectivity index (χ4n) is 16.0. The molecule has 3 unspecified atom stereocenters. The van der Waals surface area contributed by atoms with Gasteiger partial charge in [-0.05, 0) is 266 Å². The summed E-state index contributed by atoms with van der Waals surface area (Å²) in [6.45, 7) is 69.3. The molecule has 0 spiro atoms. The van der Waals surface area contributed by atoms with Crippen LogP contribution < -0.4 is 4.90 Å². The molecule has 2 aliphatic rings. The molecule has 5 aromatic carbocycles. The van der Waals surface area contributed by atoms with Gasteiger partial charge in [-0.15, -0.1) is 0 Å². The molecule has 5 heterocycles. The summed E-state index contributed by atoms with van der Waals surface area (Å²) in [7, 11) is 4.17. The molecule has 0 aliphatic heterocycles. The normalized spacial score (nSPS) is 15.8. The first-order valence-corrected chi connectivity index (χ1v) is 36.8. The van der Waals surface area contributed by atoms with E-state index in [0.717, 1.165) is 57.3 Å². The third-order valence-corrected chi connectivity index (χ3v) is 21.3. The summed E-state index contributed by atoms with van der Waals surface area (Å²) in [6.07, 6.45) is 5.74. The zero-order valence-corrected chi connectivity index (χ0v) is 67.5. The lowest BCUT2D eigenvalue weighted by atomic mass is 9.76. The Labute approximate surface area is 594 Å². The highest BCUT2D eigenvalue weighted by Gasteiger charge is 2.42. The average Bonchev–Trinajstić information content (AvgIpc) is 1.23. The predicted molar refractivity (Wildman–Crippen MR) is 430 cm³/mol. The Morgan fingerprint density at radius 2 is 0.663 bits per heavy atom. The second-order valence-electron chi connectivity index (χ2n) is 36.4. The first-order valence-electron chi connectivity index (χ1n) is 36.8. The van der Waals surface area contributed by atoms with Gasteiger partial charge < -0.3 is 4.90 Å². The smallest absolute Gasteiger partial charge is 0.0941 e. The largest absolute Gasteiger partial charge is 0.376 e. The number of rotatable bonds is 3. The first-order chi connectivity index (χ1) is 45.1. The van der Waals surface area contributed by atoms with Gasteiger partial charge in [0.05, 0.1) is 33.3 Å². The zero-order chi connectivity index (χ0) is 73.2. The van der Waals surface area contributed by atoms with E-state index in [2.05, 4.69) is 316 Å². The van der Waals surface area contributed by atoms with Crippen molar-refractivity contribution in [2.75, 3.05) is 19.0 Å². The number of pyridine rings is 5. The number of aryl methyl sites for hydroxylation is 11. The fourth-order valence-corrected chi connectivity index (χ4v) is 16.0. The molecular weight excluding hydrogens is 1190 g/mol. The maximum absolute atomic E-state index is 4.99. The van der Waals surface area contributed by atoms with Gasteiger partial charge in [-0.1, -0.05) is 199 Å². The second-order valence-corrected chi connectivity index (χ2v) is 36.4. The Balaban J connectivity index is 0.000000157. The molecule has 3 atom stereocenters. The highest BCUT2D eigenvalue weighted by atomic mass is 15.1. The lowest BCUT2D eigenvalue weighted by Crippen LogP contribution is -2.19. The Kier molecular flexibility index (Phi) is 22.3. The fraction of sp³-hybridized carbons (Fsp3) is 0.511. The van der Waals surface area contributed by atoms with Gasteiger partial charge in [-0.3, -0.25) is 24.9 Å². The summed E-state index contributed by atoms with van der Waals surface area (Å²) in [5.74, 6) is 3.12. The van der Waals surface area contributed by atoms with E-state index in [1.807, 2.05) is 13.8 Å². The predicted octanol–water partition coefficient (Wildman–Crippen LogP) is 25.4. The number of aromatic nitrogens is 5. The SMILES string of the molecule is Cc1ccc2c(C)c(C(C)(C)C)cc(C(C)(C)C)c2n1.Cc1ccc2c(C)c(C(C)(C)C)cc(C(C)C)c2n1.Cc1ccc2c(C)c(C(C)(C)C)cc(C)c2n1.Cc1ccc2c(C)c(C(C)(C)C)cc(C3CC4CCC3C4)c2n1.Cc1ccc2c(C)c(C(C)(C)C)cc(N(C)C)c2n1. The quantitative estimate of drug-likeness (QED) is 0.176. The Bertz CT molecular complexity index is 4470. The van der Waals surface area contributed by atoms with Crippen LogP contribution in [0.2, 0.25) is 0 Å². The molecule has 6 nitrogen and oxygen atoms in total. The average molecular weight is 1320 g/mol. The number of benzene rings is 5. The number of nitrogens with zero attached hydrogens (tertiary/aromatic N) is 6. The van der Waals surface area contributed by atoms with E-state index in [4.69, 9.17) is 19.9 Å². The van der Waals surface area contributed by atoms with E-state index in [9.17, 15) is 0 Å². The maximum Gasteiger partial charge on any atom is 0.0941 e. The topological polar surface area (TPSA) is 67.7 Å². The highest BCUT2D eigenvalue weighted by molar-refractivity contribution is 5.95. The van der Waals surface area contributed by atoms with Crippen molar-refractivity contribution < 1.29 is 0 Å². The van der Waals surface area contributed by atoms with Crippen LogP contribution in [0.15, 0.2) is 91.0 Å². The van der Waals surface area contributed by atoms with Gasteiger partial charge in [-0.25, -0.2) is 0 Å². The van der Waals surface area contributed by atoms with Gasteiger partial charge in [0.15, 0.2) is 0 Å². The van der Waals surface area contributed by atoms with E-state index < -0.39 is 0 Å². The molecule has 524 valence electrons. The van der Waals surface area contributed by atoms with Crippen LogP contribution in [0, 0.1) is 88.0 Å². The molecule has 2 bridgehead atoms. The van der Waals surface area contributed by atoms with Crippen LogP contribution in [0.25, 0.3) is 54.5 Å². The van der Waals surface area contributed by atoms with Gasteiger partial charge in [-0.2, -0.15) is 0 Å². The molecule has 0 radical (unpaired) electrons. The van der Waals surface area contributed by atoms with Crippen LogP contribution in [-0.2, 0) is 32.5 Å². The van der Waals surface area contributed by atoms with Crippen molar-refractivity contribution in [3.05, 3.63) is 197 Å². The van der Waals surface area contributed by atoms with Crippen LogP contribution in [0.3, 0.4) is 0 Å². The summed E-state index contributed by atoms with van der Waals surface area (Å²) in [5.41, 5.74) is 33.2. The second kappa shape index (κ2) is 28.5. The van der Waals surface area contributed by atoms with Crippen molar-refractivity contribution in [3.8, 4) is 0 Å². The van der Waals surface area contributed by atoms with Crippen molar-refractivity contribution in [1.82, 2.24) is 24.9 Å². The van der Waals surface area contributed by atoms with E-state index in [1.54, 1.807) is 5.56 Å². The van der Waals surface area contributed by atoms with E-state index >= 15 is 0 Å². The maximum atomic E-state index is 4.99. The van der Waals surface area contributed by atoms with Gasteiger partial charge in [0.1, 0.15) is 0 Å². The zero-order valence-electron chi connectivity index (χ0n) is 67.5. The third kappa shape index (κ3) is 16.7. The number of hydrogen-bond acceptors (Lipinski definition) is 6. The molecule has 5 aromatic heterocycles. The van der Waals surface area contributed by atoms with E-state index in [1.165, 1.54) is 147 Å². The van der Waals surface area contributed by atoms with Crippen LogP contribution in [0.4, 0.5) is 5.69 Å². The van der Waals surface area contributed by atoms with Crippen LogP contribution in [0.1, 0.15) is 282 Å². The van der Waals surface area contributed by atoms with Crippen molar-refractivity contribution in [1.29, 1.82) is 0 Å². The third-order valence-electron chi connectivity index (χ3n) is 21.3. The molecule has 2 fully saturated rings. The van der Waals surface area contributed by atoms with Crippen LogP contribution in [0.5, 0.6) is 0 Å². The molecule has 12 rings (SSSR count). The summed E-state index contributed by atoms with van der Waals surface area (Å²) in [4.78, 5) is 26.1. The number of fused-ring (bicyclic) bond motifs is 7. The van der Waals surface area contributed by atoms with Gasteiger partial charge >= 0.3 is 0 Å². The number of anilines is 1. The van der Waals surface area contributed by atoms with Crippen LogP contribution in [-0.4, -0.2) is 39.0 Å². The molecule has 0 amide bonds. The molecule has 0 saturated heterocycles. The minimum atomic E-state index is 0.104. The molecule has 6 heteroatoms.